The minimum absolute atomic E-state index is 0.00784. The normalized spacial score (nSPS) is 11.0. The Morgan fingerprint density at radius 3 is 2.57 bits per heavy atom. The molecule has 0 radical (unpaired) electrons. The van der Waals surface area contributed by atoms with E-state index in [1.807, 2.05) is 63.2 Å². The molecule has 0 aliphatic carbocycles. The summed E-state index contributed by atoms with van der Waals surface area (Å²) in [6, 6.07) is 13.5. The van der Waals surface area contributed by atoms with Crippen LogP contribution < -0.4 is 5.73 Å². The third-order valence-electron chi connectivity index (χ3n) is 4.05. The number of carbonyl (C=O) groups is 1. The maximum atomic E-state index is 12.9. The number of aromatic nitrogens is 1. The van der Waals surface area contributed by atoms with Crippen molar-refractivity contribution in [2.45, 2.75) is 20.8 Å². The van der Waals surface area contributed by atoms with Crippen molar-refractivity contribution in [1.82, 2.24) is 4.57 Å². The highest BCUT2D eigenvalue weighted by Crippen LogP contribution is 2.24. The van der Waals surface area contributed by atoms with E-state index >= 15 is 0 Å². The SMILES string of the molecule is Cc1cccc(C(=O)n2c(C)cc3cc(N)ccc32)c1C. The van der Waals surface area contributed by atoms with E-state index in [0.29, 0.717) is 5.69 Å². The molecule has 0 aliphatic rings. The van der Waals surface area contributed by atoms with Crippen LogP contribution in [0.1, 0.15) is 27.2 Å². The number of carbonyl (C=O) groups excluding carboxylic acids is 1. The topological polar surface area (TPSA) is 48.0 Å². The highest BCUT2D eigenvalue weighted by Gasteiger charge is 2.17. The fraction of sp³-hybridized carbons (Fsp3) is 0.167. The standard InChI is InChI=1S/C18H18N2O/c1-11-5-4-6-16(13(11)3)18(21)20-12(2)9-14-10-15(19)7-8-17(14)20/h4-10H,19H2,1-3H3. The summed E-state index contributed by atoms with van der Waals surface area (Å²) >= 11 is 0. The summed E-state index contributed by atoms with van der Waals surface area (Å²) in [5, 5.41) is 0.992. The van der Waals surface area contributed by atoms with Gasteiger partial charge in [-0.3, -0.25) is 9.36 Å². The summed E-state index contributed by atoms with van der Waals surface area (Å²) in [6.07, 6.45) is 0. The minimum Gasteiger partial charge on any atom is -0.399 e. The van der Waals surface area contributed by atoms with Gasteiger partial charge in [0.2, 0.25) is 0 Å². The summed E-state index contributed by atoms with van der Waals surface area (Å²) in [7, 11) is 0. The van der Waals surface area contributed by atoms with Crippen LogP contribution in [0.2, 0.25) is 0 Å². The van der Waals surface area contributed by atoms with Gasteiger partial charge in [-0.1, -0.05) is 12.1 Å². The largest absolute Gasteiger partial charge is 0.399 e. The second kappa shape index (κ2) is 4.77. The van der Waals surface area contributed by atoms with Gasteiger partial charge >= 0.3 is 0 Å². The molecule has 0 spiro atoms. The summed E-state index contributed by atoms with van der Waals surface area (Å²) in [4.78, 5) is 12.9. The first-order valence-corrected chi connectivity index (χ1v) is 6.97. The first kappa shape index (κ1) is 13.4. The lowest BCUT2D eigenvalue weighted by atomic mass is 10.0. The molecule has 0 saturated carbocycles. The second-order valence-electron chi connectivity index (χ2n) is 5.49. The number of rotatable bonds is 1. The molecule has 3 aromatic rings. The molecule has 0 saturated heterocycles. The van der Waals surface area contributed by atoms with Crippen molar-refractivity contribution in [3.63, 3.8) is 0 Å². The van der Waals surface area contributed by atoms with Gasteiger partial charge in [0.05, 0.1) is 5.52 Å². The van der Waals surface area contributed by atoms with Crippen molar-refractivity contribution in [2.24, 2.45) is 0 Å². The van der Waals surface area contributed by atoms with Crippen molar-refractivity contribution in [2.75, 3.05) is 5.73 Å². The molecule has 0 amide bonds. The van der Waals surface area contributed by atoms with Gasteiger partial charge in [-0.05, 0) is 62.2 Å². The lowest BCUT2D eigenvalue weighted by molar-refractivity contribution is 0.0962. The van der Waals surface area contributed by atoms with Gasteiger partial charge in [0.1, 0.15) is 0 Å². The van der Waals surface area contributed by atoms with E-state index in [1.54, 1.807) is 4.57 Å². The van der Waals surface area contributed by atoms with Gasteiger partial charge in [-0.2, -0.15) is 0 Å². The molecule has 0 bridgehead atoms. The van der Waals surface area contributed by atoms with Gasteiger partial charge < -0.3 is 5.73 Å². The average molecular weight is 278 g/mol. The molecule has 3 heteroatoms. The predicted molar refractivity (Wildman–Crippen MR) is 86.7 cm³/mol. The molecule has 21 heavy (non-hydrogen) atoms. The van der Waals surface area contributed by atoms with E-state index in [0.717, 1.165) is 33.3 Å². The van der Waals surface area contributed by atoms with Crippen LogP contribution in [0.15, 0.2) is 42.5 Å². The third-order valence-corrected chi connectivity index (χ3v) is 4.05. The van der Waals surface area contributed by atoms with Crippen molar-refractivity contribution in [3.05, 3.63) is 64.8 Å². The summed E-state index contributed by atoms with van der Waals surface area (Å²) in [6.45, 7) is 5.95. The number of hydrogen-bond donors (Lipinski definition) is 1. The van der Waals surface area contributed by atoms with Gasteiger partial charge in [0, 0.05) is 22.3 Å². The molecular weight excluding hydrogens is 260 g/mol. The number of nitrogens with zero attached hydrogens (tertiary/aromatic N) is 1. The van der Waals surface area contributed by atoms with Crippen molar-refractivity contribution < 1.29 is 4.79 Å². The first-order chi connectivity index (χ1) is 9.99. The van der Waals surface area contributed by atoms with E-state index in [-0.39, 0.29) is 5.91 Å². The number of fused-ring (bicyclic) bond motifs is 1. The Morgan fingerprint density at radius 1 is 1.05 bits per heavy atom. The van der Waals surface area contributed by atoms with E-state index in [4.69, 9.17) is 5.73 Å². The van der Waals surface area contributed by atoms with Crippen LogP contribution in [0.3, 0.4) is 0 Å². The molecule has 3 rings (SSSR count). The molecule has 0 aliphatic heterocycles. The highest BCUT2D eigenvalue weighted by molar-refractivity contribution is 6.04. The van der Waals surface area contributed by atoms with Crippen LogP contribution in [0, 0.1) is 20.8 Å². The molecule has 0 fully saturated rings. The predicted octanol–water partition coefficient (Wildman–Crippen LogP) is 3.84. The van der Waals surface area contributed by atoms with Gasteiger partial charge in [-0.15, -0.1) is 0 Å². The number of nitrogens with two attached hydrogens (primary N) is 1. The van der Waals surface area contributed by atoms with Gasteiger partial charge in [-0.25, -0.2) is 0 Å². The summed E-state index contributed by atoms with van der Waals surface area (Å²) in [5.41, 5.74) is 11.2. The van der Waals surface area contributed by atoms with E-state index in [1.165, 1.54) is 0 Å². The molecule has 2 N–H and O–H groups in total. The molecule has 3 nitrogen and oxygen atoms in total. The fourth-order valence-corrected chi connectivity index (χ4v) is 2.74. The van der Waals surface area contributed by atoms with E-state index in [2.05, 4.69) is 0 Å². The highest BCUT2D eigenvalue weighted by atomic mass is 16.2. The Morgan fingerprint density at radius 2 is 1.81 bits per heavy atom. The van der Waals surface area contributed by atoms with Crippen molar-refractivity contribution >= 4 is 22.5 Å². The molecule has 0 unspecified atom stereocenters. The van der Waals surface area contributed by atoms with Gasteiger partial charge in [0.25, 0.3) is 5.91 Å². The molecule has 1 aromatic heterocycles. The van der Waals surface area contributed by atoms with Crippen LogP contribution >= 0.6 is 0 Å². The number of nitrogen functional groups attached to an aromatic ring is 1. The van der Waals surface area contributed by atoms with Crippen LogP contribution in [0.25, 0.3) is 10.9 Å². The third kappa shape index (κ3) is 2.11. The maximum Gasteiger partial charge on any atom is 0.262 e. The lowest BCUT2D eigenvalue weighted by Crippen LogP contribution is -2.15. The number of hydrogen-bond acceptors (Lipinski definition) is 2. The monoisotopic (exact) mass is 278 g/mol. The number of aryl methyl sites for hydroxylation is 2. The van der Waals surface area contributed by atoms with Crippen LogP contribution in [-0.4, -0.2) is 10.5 Å². The van der Waals surface area contributed by atoms with Gasteiger partial charge in [0.15, 0.2) is 0 Å². The summed E-state index contributed by atoms with van der Waals surface area (Å²) in [5.74, 6) is 0.00784. The number of benzene rings is 2. The Kier molecular flexibility index (Phi) is 3.05. The smallest absolute Gasteiger partial charge is 0.262 e. The minimum atomic E-state index is 0.00784. The van der Waals surface area contributed by atoms with Crippen LogP contribution in [0.4, 0.5) is 5.69 Å². The van der Waals surface area contributed by atoms with Crippen molar-refractivity contribution in [1.29, 1.82) is 0 Å². The fourth-order valence-electron chi connectivity index (χ4n) is 2.74. The zero-order chi connectivity index (χ0) is 15.1. The van der Waals surface area contributed by atoms with E-state index in [9.17, 15) is 4.79 Å². The Balaban J connectivity index is 2.22. The molecule has 1 heterocycles. The first-order valence-electron chi connectivity index (χ1n) is 6.97. The quantitative estimate of drug-likeness (QED) is 0.687. The molecule has 0 atom stereocenters. The average Bonchev–Trinajstić information content (AvgIpc) is 2.76. The van der Waals surface area contributed by atoms with Crippen LogP contribution in [-0.2, 0) is 0 Å². The molecule has 2 aromatic carbocycles. The zero-order valence-corrected chi connectivity index (χ0v) is 12.5. The maximum absolute atomic E-state index is 12.9. The Hall–Kier alpha value is -2.55. The summed E-state index contributed by atoms with van der Waals surface area (Å²) < 4.78 is 1.76. The number of anilines is 1. The zero-order valence-electron chi connectivity index (χ0n) is 12.5. The Bertz CT molecular complexity index is 859. The lowest BCUT2D eigenvalue weighted by Gasteiger charge is -2.11. The Labute approximate surface area is 124 Å². The molecular formula is C18H18N2O. The van der Waals surface area contributed by atoms with E-state index < -0.39 is 0 Å². The molecule has 106 valence electrons. The van der Waals surface area contributed by atoms with Crippen LogP contribution in [0.5, 0.6) is 0 Å². The second-order valence-corrected chi connectivity index (χ2v) is 5.49. The van der Waals surface area contributed by atoms with Crippen molar-refractivity contribution in [3.8, 4) is 0 Å².